The molecule has 112 valence electrons. The smallest absolute Gasteiger partial charge is 0.227 e. The lowest BCUT2D eigenvalue weighted by Crippen LogP contribution is -2.21. The van der Waals surface area contributed by atoms with Gasteiger partial charge in [0, 0.05) is 44.1 Å². The number of nitrogens with one attached hydrogen (secondary N) is 2. The minimum Gasteiger partial charge on any atom is -0.396 e. The fraction of sp³-hybridized carbons (Fsp3) is 0.500. The van der Waals surface area contributed by atoms with Gasteiger partial charge in [-0.2, -0.15) is 10.1 Å². The van der Waals surface area contributed by atoms with Gasteiger partial charge in [-0.15, -0.1) is 0 Å². The van der Waals surface area contributed by atoms with Crippen LogP contribution in [-0.4, -0.2) is 45.5 Å². The first kappa shape index (κ1) is 13.8. The Bertz CT molecular complexity index is 595. The van der Waals surface area contributed by atoms with E-state index in [0.717, 1.165) is 5.82 Å². The molecule has 0 atom stereocenters. The maximum atomic E-state index is 8.87. The predicted octanol–water partition coefficient (Wildman–Crippen LogP) is 1.64. The molecule has 2 aromatic heterocycles. The quantitative estimate of drug-likeness (QED) is 0.717. The maximum absolute atomic E-state index is 8.87. The van der Waals surface area contributed by atoms with E-state index in [-0.39, 0.29) is 6.61 Å². The van der Waals surface area contributed by atoms with Crippen molar-refractivity contribution in [3.63, 3.8) is 0 Å². The fourth-order valence-electron chi connectivity index (χ4n) is 2.15. The summed E-state index contributed by atoms with van der Waals surface area (Å²) in [6.07, 6.45) is 4.90. The number of nitrogens with zero attached hydrogens (tertiary/aromatic N) is 4. The summed E-state index contributed by atoms with van der Waals surface area (Å²) in [5.74, 6) is 2.77. The van der Waals surface area contributed by atoms with Crippen LogP contribution < -0.4 is 10.2 Å². The number of aromatic nitrogens is 4. The Balaban J connectivity index is 1.66. The van der Waals surface area contributed by atoms with Crippen molar-refractivity contribution in [3.05, 3.63) is 24.0 Å². The zero-order valence-electron chi connectivity index (χ0n) is 12.1. The predicted molar refractivity (Wildman–Crippen MR) is 80.9 cm³/mol. The molecular formula is C14H20N6O. The van der Waals surface area contributed by atoms with Crippen molar-refractivity contribution in [1.82, 2.24) is 20.2 Å². The molecule has 3 rings (SSSR count). The van der Waals surface area contributed by atoms with E-state index in [4.69, 9.17) is 5.11 Å². The van der Waals surface area contributed by atoms with Crippen LogP contribution >= 0.6 is 0 Å². The molecule has 0 bridgehead atoms. The highest BCUT2D eigenvalue weighted by Gasteiger charge is 2.25. The van der Waals surface area contributed by atoms with Crippen LogP contribution in [0, 0.1) is 0 Å². The standard InChI is InChI=1S/C14H20N6O/c1-20(7-2-8-21)14-15-6-5-12(17-14)16-13-9-11(18-19-13)10-3-4-10/h5-6,9-10,21H,2-4,7-8H2,1H3,(H2,15,16,17,18,19). The zero-order chi connectivity index (χ0) is 14.7. The molecule has 1 aliphatic rings. The van der Waals surface area contributed by atoms with E-state index in [1.165, 1.54) is 18.5 Å². The first-order valence-corrected chi connectivity index (χ1v) is 7.23. The second-order valence-corrected chi connectivity index (χ2v) is 5.35. The first-order valence-electron chi connectivity index (χ1n) is 7.23. The molecule has 7 heteroatoms. The highest BCUT2D eigenvalue weighted by molar-refractivity contribution is 5.53. The van der Waals surface area contributed by atoms with Crippen molar-refractivity contribution in [2.24, 2.45) is 0 Å². The van der Waals surface area contributed by atoms with Crippen LogP contribution in [0.5, 0.6) is 0 Å². The molecule has 2 aromatic rings. The summed E-state index contributed by atoms with van der Waals surface area (Å²) in [5.41, 5.74) is 1.19. The fourth-order valence-corrected chi connectivity index (χ4v) is 2.15. The monoisotopic (exact) mass is 288 g/mol. The molecule has 0 unspecified atom stereocenters. The van der Waals surface area contributed by atoms with Crippen LogP contribution in [0.3, 0.4) is 0 Å². The number of rotatable bonds is 7. The SMILES string of the molecule is CN(CCCO)c1nccc(Nc2cc(C3CC3)[nH]n2)n1. The third-order valence-electron chi connectivity index (χ3n) is 3.51. The zero-order valence-corrected chi connectivity index (χ0v) is 12.1. The summed E-state index contributed by atoms with van der Waals surface area (Å²) in [5, 5.41) is 19.4. The normalized spacial score (nSPS) is 14.2. The molecule has 0 aliphatic heterocycles. The van der Waals surface area contributed by atoms with Gasteiger partial charge in [0.25, 0.3) is 0 Å². The van der Waals surface area contributed by atoms with E-state index in [9.17, 15) is 0 Å². The molecule has 3 N–H and O–H groups in total. The summed E-state index contributed by atoms with van der Waals surface area (Å²) in [7, 11) is 1.91. The summed E-state index contributed by atoms with van der Waals surface area (Å²) < 4.78 is 0. The van der Waals surface area contributed by atoms with Crippen LogP contribution in [-0.2, 0) is 0 Å². The lowest BCUT2D eigenvalue weighted by molar-refractivity contribution is 0.290. The third kappa shape index (κ3) is 3.49. The van der Waals surface area contributed by atoms with Crippen LogP contribution in [0.25, 0.3) is 0 Å². The van der Waals surface area contributed by atoms with Crippen molar-refractivity contribution in [1.29, 1.82) is 0 Å². The second kappa shape index (κ2) is 6.09. The average molecular weight is 288 g/mol. The molecule has 1 saturated carbocycles. The number of hydrogen-bond donors (Lipinski definition) is 3. The Morgan fingerprint density at radius 2 is 2.29 bits per heavy atom. The number of aromatic amines is 1. The maximum Gasteiger partial charge on any atom is 0.227 e. The summed E-state index contributed by atoms with van der Waals surface area (Å²) >= 11 is 0. The largest absolute Gasteiger partial charge is 0.396 e. The minimum atomic E-state index is 0.166. The number of aliphatic hydroxyl groups excluding tert-OH is 1. The van der Waals surface area contributed by atoms with Gasteiger partial charge in [0.2, 0.25) is 5.95 Å². The van der Waals surface area contributed by atoms with E-state index in [1.54, 1.807) is 6.20 Å². The first-order chi connectivity index (χ1) is 10.3. The third-order valence-corrected chi connectivity index (χ3v) is 3.51. The van der Waals surface area contributed by atoms with Crippen LogP contribution in [0.15, 0.2) is 18.3 Å². The van der Waals surface area contributed by atoms with Gasteiger partial charge in [0.1, 0.15) is 5.82 Å². The van der Waals surface area contributed by atoms with Crippen molar-refractivity contribution in [3.8, 4) is 0 Å². The van der Waals surface area contributed by atoms with Gasteiger partial charge < -0.3 is 15.3 Å². The summed E-state index contributed by atoms with van der Waals surface area (Å²) in [4.78, 5) is 10.6. The van der Waals surface area contributed by atoms with Gasteiger partial charge >= 0.3 is 0 Å². The molecule has 1 aliphatic carbocycles. The Kier molecular flexibility index (Phi) is 4.01. The molecule has 21 heavy (non-hydrogen) atoms. The van der Waals surface area contributed by atoms with Crippen LogP contribution in [0.2, 0.25) is 0 Å². The molecule has 1 fully saturated rings. The van der Waals surface area contributed by atoms with Gasteiger partial charge in [-0.25, -0.2) is 4.98 Å². The molecule has 0 spiro atoms. The average Bonchev–Trinajstić information content (AvgIpc) is 3.25. The number of aliphatic hydroxyl groups is 1. The number of hydrogen-bond acceptors (Lipinski definition) is 6. The van der Waals surface area contributed by atoms with Gasteiger partial charge in [0.15, 0.2) is 5.82 Å². The molecule has 0 amide bonds. The summed E-state index contributed by atoms with van der Waals surface area (Å²) in [6, 6.07) is 3.85. The topological polar surface area (TPSA) is 90.0 Å². The molecule has 0 aromatic carbocycles. The van der Waals surface area contributed by atoms with Crippen LogP contribution in [0.4, 0.5) is 17.6 Å². The van der Waals surface area contributed by atoms with Crippen molar-refractivity contribution in [2.75, 3.05) is 30.4 Å². The lowest BCUT2D eigenvalue weighted by Gasteiger charge is -2.16. The van der Waals surface area contributed by atoms with E-state index in [1.807, 2.05) is 24.1 Å². The van der Waals surface area contributed by atoms with Gasteiger partial charge in [0.05, 0.1) is 0 Å². The highest BCUT2D eigenvalue weighted by Crippen LogP contribution is 2.39. The van der Waals surface area contributed by atoms with E-state index in [0.29, 0.717) is 30.6 Å². The number of H-pyrrole nitrogens is 1. The Hall–Kier alpha value is -2.15. The van der Waals surface area contributed by atoms with Crippen molar-refractivity contribution in [2.45, 2.75) is 25.2 Å². The van der Waals surface area contributed by atoms with Gasteiger partial charge in [-0.1, -0.05) is 0 Å². The van der Waals surface area contributed by atoms with Crippen molar-refractivity contribution >= 4 is 17.6 Å². The Morgan fingerprint density at radius 3 is 3.05 bits per heavy atom. The van der Waals surface area contributed by atoms with Crippen molar-refractivity contribution < 1.29 is 5.11 Å². The summed E-state index contributed by atoms with van der Waals surface area (Å²) in [6.45, 7) is 0.883. The molecular weight excluding hydrogens is 268 g/mol. The molecule has 0 radical (unpaired) electrons. The van der Waals surface area contributed by atoms with Gasteiger partial charge in [-0.05, 0) is 25.3 Å². The highest BCUT2D eigenvalue weighted by atomic mass is 16.3. The van der Waals surface area contributed by atoms with E-state index in [2.05, 4.69) is 25.5 Å². The van der Waals surface area contributed by atoms with E-state index < -0.39 is 0 Å². The minimum absolute atomic E-state index is 0.166. The number of anilines is 3. The Morgan fingerprint density at radius 1 is 1.43 bits per heavy atom. The molecule has 0 saturated heterocycles. The van der Waals surface area contributed by atoms with Gasteiger partial charge in [-0.3, -0.25) is 5.10 Å². The Labute approximate surface area is 123 Å². The molecule has 7 nitrogen and oxygen atoms in total. The second-order valence-electron chi connectivity index (χ2n) is 5.35. The molecule has 2 heterocycles. The van der Waals surface area contributed by atoms with Crippen LogP contribution in [0.1, 0.15) is 30.9 Å². The lowest BCUT2D eigenvalue weighted by atomic mass is 10.3. The van der Waals surface area contributed by atoms with E-state index >= 15 is 0 Å².